The third kappa shape index (κ3) is 4.66. The quantitative estimate of drug-likeness (QED) is 0.175. The van der Waals surface area contributed by atoms with E-state index in [-0.39, 0.29) is 46.5 Å². The Morgan fingerprint density at radius 3 is 2.33 bits per heavy atom. The van der Waals surface area contributed by atoms with Gasteiger partial charge in [0.05, 0.1) is 11.5 Å². The number of esters is 1. The number of ether oxygens (including phenoxy) is 1. The maximum Gasteiger partial charge on any atom is 0.330 e. The van der Waals surface area contributed by atoms with Crippen molar-refractivity contribution in [2.75, 3.05) is 6.61 Å². The molecule has 10 atom stereocenters. The predicted molar refractivity (Wildman–Crippen MR) is 175 cm³/mol. The Balaban J connectivity index is 1.42. The van der Waals surface area contributed by atoms with Crippen molar-refractivity contribution in [3.05, 3.63) is 47.6 Å². The number of aromatic hydroxyl groups is 1. The number of carboxylic acids is 1. The highest BCUT2D eigenvalue weighted by atomic mass is 16.5. The zero-order valence-corrected chi connectivity index (χ0v) is 28.1. The van der Waals surface area contributed by atoms with Gasteiger partial charge in [-0.05, 0) is 127 Å². The highest BCUT2D eigenvalue weighted by Crippen LogP contribution is 2.76. The molecule has 5 aliphatic carbocycles. The molecule has 6 heteroatoms. The van der Waals surface area contributed by atoms with Crippen molar-refractivity contribution in [1.82, 2.24) is 0 Å². The molecule has 0 bridgehead atoms. The Morgan fingerprint density at radius 2 is 1.64 bits per heavy atom. The second kappa shape index (κ2) is 11.0. The molecule has 0 spiro atoms. The van der Waals surface area contributed by atoms with Crippen molar-refractivity contribution in [2.45, 2.75) is 105 Å². The SMILES string of the molecule is C[C@H]1[C@H](C)CC[C@]2(C(=O)O)CC[C@]3(COC(=O)/C=C\c4ccc(O)cc4)C(=CCC4[C@@]5(C)CC[C@H](O)C(C)(C)C5CC[C@]43C)[C@H]12. The number of fused-ring (bicyclic) bond motifs is 7. The molecule has 0 amide bonds. The number of allylic oxidation sites excluding steroid dienone is 1. The van der Waals surface area contributed by atoms with Gasteiger partial charge in [-0.15, -0.1) is 0 Å². The summed E-state index contributed by atoms with van der Waals surface area (Å²) in [6.45, 7) is 14.2. The first-order valence-corrected chi connectivity index (χ1v) is 17.4. The minimum atomic E-state index is -0.773. The van der Waals surface area contributed by atoms with Gasteiger partial charge in [-0.3, -0.25) is 4.79 Å². The average Bonchev–Trinajstić information content (AvgIpc) is 2.99. The molecule has 4 fully saturated rings. The van der Waals surface area contributed by atoms with Crippen LogP contribution in [0.15, 0.2) is 42.0 Å². The maximum absolute atomic E-state index is 13.3. The number of benzene rings is 1. The molecule has 0 heterocycles. The van der Waals surface area contributed by atoms with Crippen LogP contribution in [0.5, 0.6) is 5.75 Å². The lowest BCUT2D eigenvalue weighted by Crippen LogP contribution is -2.67. The van der Waals surface area contributed by atoms with E-state index in [0.29, 0.717) is 37.0 Å². The number of hydrogen-bond donors (Lipinski definition) is 3. The molecular weight excluding hydrogens is 564 g/mol. The number of aliphatic hydroxyl groups excluding tert-OH is 1. The Morgan fingerprint density at radius 1 is 0.933 bits per heavy atom. The van der Waals surface area contributed by atoms with Crippen molar-refractivity contribution < 1.29 is 29.6 Å². The second-order valence-corrected chi connectivity index (χ2v) is 16.8. The number of phenols is 1. The van der Waals surface area contributed by atoms with E-state index < -0.39 is 22.8 Å². The molecule has 2 unspecified atom stereocenters. The van der Waals surface area contributed by atoms with Crippen LogP contribution in [0.1, 0.15) is 105 Å². The topological polar surface area (TPSA) is 104 Å². The van der Waals surface area contributed by atoms with E-state index in [1.165, 1.54) is 11.6 Å². The molecular formula is C39H54O6. The highest BCUT2D eigenvalue weighted by molar-refractivity contribution is 5.87. The monoisotopic (exact) mass is 618 g/mol. The first-order chi connectivity index (χ1) is 21.1. The summed E-state index contributed by atoms with van der Waals surface area (Å²) in [4.78, 5) is 26.5. The summed E-state index contributed by atoms with van der Waals surface area (Å²) in [6, 6.07) is 6.70. The van der Waals surface area contributed by atoms with Crippen molar-refractivity contribution in [3.63, 3.8) is 0 Å². The minimum Gasteiger partial charge on any atom is -0.508 e. The fraction of sp³-hybridized carbons (Fsp3) is 0.692. The number of aliphatic hydroxyl groups is 1. The van der Waals surface area contributed by atoms with E-state index in [2.05, 4.69) is 47.6 Å². The standard InChI is InChI=1S/C39H54O6/c1-24-15-20-38(34(43)44)21-22-39(23-45-32(42)14-9-26-7-10-27(40)11-8-26)28(33(38)25(24)2)12-13-30-36(5)18-17-31(41)35(3,4)29(36)16-19-37(30,39)6/h7-12,14,24-25,29-31,33,40-41H,13,15-23H2,1-6H3,(H,43,44)/b14-9-/t24-,25+,29?,30?,31+,33+,36+,37-,38+,39+/m1/s1. The predicted octanol–water partition coefficient (Wildman–Crippen LogP) is 8.03. The van der Waals surface area contributed by atoms with E-state index in [4.69, 9.17) is 4.74 Å². The Labute approximate surface area is 269 Å². The molecule has 6 rings (SSSR count). The van der Waals surface area contributed by atoms with Crippen molar-refractivity contribution in [1.29, 1.82) is 0 Å². The fourth-order valence-corrected chi connectivity index (χ4v) is 12.0. The van der Waals surface area contributed by atoms with Gasteiger partial charge in [-0.1, -0.05) is 65.3 Å². The first-order valence-electron chi connectivity index (χ1n) is 17.4. The number of carboxylic acid groups (broad SMARTS) is 1. The zero-order valence-electron chi connectivity index (χ0n) is 28.1. The molecule has 246 valence electrons. The summed E-state index contributed by atoms with van der Waals surface area (Å²) in [5, 5.41) is 31.6. The number of rotatable bonds is 5. The summed E-state index contributed by atoms with van der Waals surface area (Å²) < 4.78 is 6.26. The van der Waals surface area contributed by atoms with Crippen LogP contribution in [0.25, 0.3) is 6.08 Å². The number of hydrogen-bond acceptors (Lipinski definition) is 5. The number of aliphatic carboxylic acids is 1. The van der Waals surface area contributed by atoms with Crippen LogP contribution in [-0.2, 0) is 14.3 Å². The van der Waals surface area contributed by atoms with E-state index in [1.807, 2.05) is 0 Å². The van der Waals surface area contributed by atoms with E-state index in [1.54, 1.807) is 30.3 Å². The average molecular weight is 619 g/mol. The van der Waals surface area contributed by atoms with Crippen molar-refractivity contribution in [3.8, 4) is 5.75 Å². The van der Waals surface area contributed by atoms with Gasteiger partial charge >= 0.3 is 11.9 Å². The van der Waals surface area contributed by atoms with E-state index >= 15 is 0 Å². The molecule has 0 aromatic heterocycles. The molecule has 45 heavy (non-hydrogen) atoms. The Kier molecular flexibility index (Phi) is 7.90. The van der Waals surface area contributed by atoms with Crippen LogP contribution < -0.4 is 0 Å². The van der Waals surface area contributed by atoms with E-state index in [0.717, 1.165) is 44.1 Å². The van der Waals surface area contributed by atoms with Gasteiger partial charge in [0.15, 0.2) is 0 Å². The fourth-order valence-electron chi connectivity index (χ4n) is 12.0. The third-order valence-corrected chi connectivity index (χ3v) is 14.8. The lowest BCUT2D eigenvalue weighted by Gasteiger charge is -2.71. The molecule has 6 nitrogen and oxygen atoms in total. The number of phenolic OH excluding ortho intramolecular Hbond substituents is 1. The summed E-state index contributed by atoms with van der Waals surface area (Å²) >= 11 is 0. The van der Waals surface area contributed by atoms with Crippen LogP contribution >= 0.6 is 0 Å². The lowest BCUT2D eigenvalue weighted by molar-refractivity contribution is -0.218. The summed E-state index contributed by atoms with van der Waals surface area (Å²) in [7, 11) is 0. The molecule has 0 radical (unpaired) electrons. The van der Waals surface area contributed by atoms with Gasteiger partial charge in [-0.25, -0.2) is 4.79 Å². The van der Waals surface area contributed by atoms with Gasteiger partial charge in [0.2, 0.25) is 0 Å². The molecule has 1 aromatic rings. The van der Waals surface area contributed by atoms with Crippen LogP contribution in [-0.4, -0.2) is 40.0 Å². The summed E-state index contributed by atoms with van der Waals surface area (Å²) in [5.74, 6) is 0.422. The van der Waals surface area contributed by atoms with Gasteiger partial charge in [0, 0.05) is 11.5 Å². The first kappa shape index (κ1) is 32.3. The van der Waals surface area contributed by atoms with Gasteiger partial charge in [0.25, 0.3) is 0 Å². The summed E-state index contributed by atoms with van der Waals surface area (Å²) in [6.07, 6.45) is 12.9. The molecule has 4 saturated carbocycles. The number of carbonyl (C=O) groups is 2. The van der Waals surface area contributed by atoms with Crippen LogP contribution in [0, 0.1) is 56.7 Å². The summed E-state index contributed by atoms with van der Waals surface area (Å²) in [5.41, 5.74) is 0.520. The molecule has 3 N–H and O–H groups in total. The van der Waals surface area contributed by atoms with Crippen LogP contribution in [0.3, 0.4) is 0 Å². The second-order valence-electron chi connectivity index (χ2n) is 16.8. The van der Waals surface area contributed by atoms with Crippen LogP contribution in [0.4, 0.5) is 0 Å². The van der Waals surface area contributed by atoms with Crippen LogP contribution in [0.2, 0.25) is 0 Å². The smallest absolute Gasteiger partial charge is 0.330 e. The van der Waals surface area contributed by atoms with Crippen molar-refractivity contribution in [2.24, 2.45) is 56.7 Å². The van der Waals surface area contributed by atoms with Gasteiger partial charge in [-0.2, -0.15) is 0 Å². The number of carbonyl (C=O) groups excluding carboxylic acids is 1. The van der Waals surface area contributed by atoms with E-state index in [9.17, 15) is 24.9 Å². The molecule has 1 aromatic carbocycles. The van der Waals surface area contributed by atoms with Gasteiger partial charge < -0.3 is 20.1 Å². The third-order valence-electron chi connectivity index (χ3n) is 14.8. The molecule has 5 aliphatic rings. The molecule has 0 aliphatic heterocycles. The van der Waals surface area contributed by atoms with Gasteiger partial charge in [0.1, 0.15) is 12.4 Å². The largest absolute Gasteiger partial charge is 0.508 e. The molecule has 0 saturated heterocycles. The Bertz CT molecular complexity index is 1390. The lowest BCUT2D eigenvalue weighted by atomic mass is 9.33. The Hall–Kier alpha value is -2.60. The minimum absolute atomic E-state index is 0.0281. The zero-order chi connectivity index (χ0) is 32.6. The normalized spacial score (nSPS) is 43.7. The maximum atomic E-state index is 13.3. The van der Waals surface area contributed by atoms with Crippen molar-refractivity contribution >= 4 is 18.0 Å². The highest BCUT2D eigenvalue weighted by Gasteiger charge is 2.71.